The van der Waals surface area contributed by atoms with E-state index in [4.69, 9.17) is 132 Å². The number of piperidine rings is 2. The first-order valence-electron chi connectivity index (χ1n) is 28.9. The Morgan fingerprint density at radius 2 is 0.704 bits per heavy atom. The van der Waals surface area contributed by atoms with Crippen molar-refractivity contribution in [2.24, 2.45) is 11.8 Å². The van der Waals surface area contributed by atoms with Crippen LogP contribution in [-0.4, -0.2) is 161 Å². The highest BCUT2D eigenvalue weighted by molar-refractivity contribution is 6.30. The molecule has 522 valence electrons. The van der Waals surface area contributed by atoms with Gasteiger partial charge < -0.3 is 129 Å². The summed E-state index contributed by atoms with van der Waals surface area (Å²) in [6.45, 7) is 9.31. The van der Waals surface area contributed by atoms with Gasteiger partial charge in [0.1, 0.15) is 57.9 Å². The van der Waals surface area contributed by atoms with Crippen molar-refractivity contribution in [3.05, 3.63) is 167 Å². The summed E-state index contributed by atoms with van der Waals surface area (Å²) in [7, 11) is 0. The van der Waals surface area contributed by atoms with E-state index in [0.717, 1.165) is 147 Å². The summed E-state index contributed by atoms with van der Waals surface area (Å²) in [5.74, 6) is -17.3. The van der Waals surface area contributed by atoms with Gasteiger partial charge in [0.25, 0.3) is 0 Å². The summed E-state index contributed by atoms with van der Waals surface area (Å²) in [4.78, 5) is 120. The number of nitrogens with one attached hydrogen (secondary N) is 2. The highest BCUT2D eigenvalue weighted by Crippen LogP contribution is 2.27. The lowest BCUT2D eigenvalue weighted by Gasteiger charge is -2.32. The molecule has 6 heterocycles. The maximum absolute atomic E-state index is 13.4. The molecule has 8 aromatic rings. The van der Waals surface area contributed by atoms with Crippen LogP contribution < -0.4 is 61.7 Å². The topological polar surface area (TPSA) is 519 Å². The smallest absolute Gasteiger partial charge is 0.134 e. The second-order valence-electron chi connectivity index (χ2n) is 20.6. The number of fused-ring (bicyclic) bond motifs is 2. The van der Waals surface area contributed by atoms with Crippen LogP contribution in [0.2, 0.25) is 10.3 Å². The number of carboxylic acids is 10. The maximum atomic E-state index is 13.4. The molecule has 2 aliphatic heterocycles. The number of carboxylic acid groups (broad SMARTS) is 10. The number of carbonyl (C=O) groups excluding carboxylic acids is 10. The van der Waals surface area contributed by atoms with Gasteiger partial charge in [0, 0.05) is 64.2 Å². The van der Waals surface area contributed by atoms with Crippen molar-refractivity contribution >= 4 is 117 Å². The third kappa shape index (κ3) is 29.1. The van der Waals surface area contributed by atoms with Gasteiger partial charge in [-0.1, -0.05) is 71.7 Å². The van der Waals surface area contributed by atoms with Gasteiger partial charge in [0.05, 0.1) is 81.8 Å². The number of carbonyl (C=O) groups is 10. The molecule has 0 amide bonds. The predicted molar refractivity (Wildman–Crippen MR) is 317 cm³/mol. The number of likely N-dealkylation sites (tertiary alicyclic amines) is 2. The lowest BCUT2D eigenvalue weighted by Crippen LogP contribution is -2.42. The maximum Gasteiger partial charge on any atom is 0.134 e. The Morgan fingerprint density at radius 3 is 0.980 bits per heavy atom. The van der Waals surface area contributed by atoms with Crippen LogP contribution in [0.25, 0.3) is 22.1 Å². The zero-order chi connectivity index (χ0) is 72.4. The molecule has 2 saturated heterocycles. The van der Waals surface area contributed by atoms with Crippen molar-refractivity contribution in [3.8, 4) is 0 Å². The number of aliphatic carboxylic acids is 10. The minimum atomic E-state index is -2.19. The predicted octanol–water partition coefficient (Wildman–Crippen LogP) is -7.50. The zero-order valence-corrected chi connectivity index (χ0v) is 52.7. The van der Waals surface area contributed by atoms with Gasteiger partial charge in [-0.2, -0.15) is 0 Å². The van der Waals surface area contributed by atoms with Crippen molar-refractivity contribution in [2.75, 3.05) is 63.0 Å². The highest BCUT2D eigenvalue weighted by Gasteiger charge is 2.24. The number of hydrogen-bond acceptors (Lipinski definition) is 30. The minimum Gasteiger partial charge on any atom is -0.543 e. The summed E-state index contributed by atoms with van der Waals surface area (Å²) < 4.78 is 31.4. The van der Waals surface area contributed by atoms with Crippen LogP contribution >= 0.6 is 23.2 Å². The summed E-state index contributed by atoms with van der Waals surface area (Å²) in [5.41, 5.74) is 6.47. The summed E-state index contributed by atoms with van der Waals surface area (Å²) in [6.07, 6.45) is 9.47. The molecule has 0 unspecified atom stereocenters. The SMILES string of the molecule is Fc1ccc(Cn2c(CC3CCN(CCNc4cc(Cl)ncn4)CC3)nc3ccccc32)cc1.Fc1ccc(Cn2c(CC3CCN(CCNc4cc(Cl)ncn4)CC3)nc3ccccc32)cc1.O=C([O-])C(=O)[O-].O=C([O-])C(=O)[O-].O=C([O-])C(=O)[O-].O=C([O-])C(=O)[O-].O=C([O-])C(=O)[O-]. The van der Waals surface area contributed by atoms with Crippen molar-refractivity contribution in [1.82, 2.24) is 48.8 Å². The van der Waals surface area contributed by atoms with E-state index in [1.807, 2.05) is 36.4 Å². The van der Waals surface area contributed by atoms with E-state index >= 15 is 0 Å². The molecule has 0 spiro atoms. The Morgan fingerprint density at radius 1 is 0.418 bits per heavy atom. The van der Waals surface area contributed by atoms with E-state index in [0.29, 0.717) is 35.2 Å². The van der Waals surface area contributed by atoms with Crippen LogP contribution in [0.4, 0.5) is 20.4 Å². The number of halogens is 4. The van der Waals surface area contributed by atoms with Gasteiger partial charge in [-0.3, -0.25) is 0 Å². The molecular weight excluding hydrogens is 1340 g/mol. The van der Waals surface area contributed by atoms with Crippen LogP contribution in [0.15, 0.2) is 122 Å². The van der Waals surface area contributed by atoms with Crippen LogP contribution in [-0.2, 0) is 73.9 Å². The number of aromatic nitrogens is 8. The average molecular weight is 1400 g/mol. The van der Waals surface area contributed by atoms with Crippen molar-refractivity contribution in [3.63, 3.8) is 0 Å². The number of imidazole rings is 2. The van der Waals surface area contributed by atoms with Crippen molar-refractivity contribution < 1.29 is 108 Å². The van der Waals surface area contributed by atoms with Crippen LogP contribution in [0, 0.1) is 23.5 Å². The monoisotopic (exact) mass is 1400 g/mol. The number of para-hydroxylation sites is 4. The molecular formula is C62H56Cl2F2N12O20-10. The fraction of sp³-hybridized carbons (Fsp3) is 0.290. The molecule has 0 atom stereocenters. The number of rotatable bonds is 16. The van der Waals surface area contributed by atoms with Gasteiger partial charge in [0.2, 0.25) is 0 Å². The summed E-state index contributed by atoms with van der Waals surface area (Å²) >= 11 is 11.8. The molecule has 4 aromatic carbocycles. The highest BCUT2D eigenvalue weighted by atomic mass is 35.5. The van der Waals surface area contributed by atoms with Crippen LogP contribution in [0.3, 0.4) is 0 Å². The average Bonchev–Trinajstić information content (AvgIpc) is 1.66. The van der Waals surface area contributed by atoms with E-state index in [-0.39, 0.29) is 11.6 Å². The first kappa shape index (κ1) is 79.1. The number of nitrogens with zero attached hydrogens (tertiary/aromatic N) is 10. The number of benzene rings is 4. The molecule has 4 aromatic heterocycles. The Labute approximate surface area is 564 Å². The molecule has 2 N–H and O–H groups in total. The van der Waals surface area contributed by atoms with Crippen LogP contribution in [0.1, 0.15) is 48.5 Å². The molecule has 2 aliphatic rings. The van der Waals surface area contributed by atoms with Crippen molar-refractivity contribution in [2.45, 2.75) is 51.6 Å². The largest absolute Gasteiger partial charge is 0.543 e. The standard InChI is InChI=1S/2C26H28ClFN6.5C2H2O4/c2*27-24-16-25(31-18-30-24)29-11-14-33-12-9-19(10-13-33)15-26-32-22-3-1-2-4-23(22)34(26)17-20-5-7-21(28)8-6-20;5*3-1(4)2(5)6/h2*1-8,16,18-19H,9-15,17H2,(H,29,30,31);5*(H,3,4)(H,5,6)/p-10. The summed E-state index contributed by atoms with van der Waals surface area (Å²) in [5, 5.41) is 96.8. The third-order valence-electron chi connectivity index (χ3n) is 13.9. The van der Waals surface area contributed by atoms with Gasteiger partial charge in [0.15, 0.2) is 0 Å². The van der Waals surface area contributed by atoms with Crippen LogP contribution in [0.5, 0.6) is 0 Å². The van der Waals surface area contributed by atoms with Crippen molar-refractivity contribution in [1.29, 1.82) is 0 Å². The molecule has 0 radical (unpaired) electrons. The fourth-order valence-corrected chi connectivity index (χ4v) is 9.64. The Kier molecular flexibility index (Phi) is 32.9. The zero-order valence-electron chi connectivity index (χ0n) is 51.2. The quantitative estimate of drug-likeness (QED) is 0.0670. The molecule has 98 heavy (non-hydrogen) atoms. The van der Waals surface area contributed by atoms with E-state index in [1.54, 1.807) is 12.1 Å². The second kappa shape index (κ2) is 40.8. The van der Waals surface area contributed by atoms with E-state index in [9.17, 15) is 8.78 Å². The van der Waals surface area contributed by atoms with Gasteiger partial charge >= 0.3 is 0 Å². The Balaban J connectivity index is 0.000000295. The Bertz CT molecular complexity index is 3610. The molecule has 10 rings (SSSR count). The molecule has 36 heteroatoms. The lowest BCUT2D eigenvalue weighted by atomic mass is 9.93. The van der Waals surface area contributed by atoms with E-state index < -0.39 is 59.7 Å². The van der Waals surface area contributed by atoms with E-state index in [1.165, 1.54) is 36.9 Å². The van der Waals surface area contributed by atoms with E-state index in [2.05, 4.69) is 85.9 Å². The summed E-state index contributed by atoms with van der Waals surface area (Å²) in [6, 6.07) is 33.6. The molecule has 0 bridgehead atoms. The molecule has 0 saturated carbocycles. The van der Waals surface area contributed by atoms with Gasteiger partial charge in [-0.05, 0) is 123 Å². The fourth-order valence-electron chi connectivity index (χ4n) is 9.35. The minimum absolute atomic E-state index is 0.206. The van der Waals surface area contributed by atoms with Gasteiger partial charge in [-0.25, -0.2) is 38.7 Å². The van der Waals surface area contributed by atoms with Gasteiger partial charge in [-0.15, -0.1) is 0 Å². The molecule has 32 nitrogen and oxygen atoms in total. The first-order chi connectivity index (χ1) is 46.5. The normalized spacial score (nSPS) is 12.7. The number of hydrogen-bond donors (Lipinski definition) is 2. The third-order valence-corrected chi connectivity index (χ3v) is 14.3. The second-order valence-corrected chi connectivity index (χ2v) is 21.4. The molecule has 0 aliphatic carbocycles. The number of anilines is 2. The first-order valence-corrected chi connectivity index (χ1v) is 29.6. The molecule has 2 fully saturated rings. The lowest BCUT2D eigenvalue weighted by molar-refractivity contribution is -0.345. The Hall–Kier alpha value is -11.4.